The summed E-state index contributed by atoms with van der Waals surface area (Å²) >= 11 is 0. The van der Waals surface area contributed by atoms with Crippen molar-refractivity contribution in [2.75, 3.05) is 0 Å². The third-order valence-corrected chi connectivity index (χ3v) is 15.6. The molecule has 0 aromatic carbocycles. The van der Waals surface area contributed by atoms with Crippen LogP contribution in [0.25, 0.3) is 0 Å². The molecule has 4 nitrogen and oxygen atoms in total. The van der Waals surface area contributed by atoms with Gasteiger partial charge in [0, 0.05) is 12.5 Å². The van der Waals surface area contributed by atoms with E-state index in [2.05, 4.69) is 74.7 Å². The topological polar surface area (TPSA) is 44.8 Å². The van der Waals surface area contributed by atoms with Gasteiger partial charge in [0.05, 0.1) is 11.3 Å². The summed E-state index contributed by atoms with van der Waals surface area (Å²) in [4.78, 5) is 12.8. The lowest BCUT2D eigenvalue weighted by molar-refractivity contribution is -0.150. The highest BCUT2D eigenvalue weighted by molar-refractivity contribution is 6.74. The number of allylic oxidation sites excluding steroid dienone is 1. The van der Waals surface area contributed by atoms with Crippen LogP contribution in [0, 0.1) is 0 Å². The van der Waals surface area contributed by atoms with Crippen LogP contribution in [0.4, 0.5) is 0 Å². The molecule has 0 rings (SSSR count). The van der Waals surface area contributed by atoms with E-state index in [0.717, 1.165) is 18.6 Å². The van der Waals surface area contributed by atoms with E-state index in [9.17, 15) is 4.79 Å². The maximum atomic E-state index is 12.8. The van der Waals surface area contributed by atoms with Crippen LogP contribution in [0.3, 0.4) is 0 Å². The molecule has 0 radical (unpaired) electrons. The number of carbonyl (C=O) groups excluding carboxylic acids is 1. The largest absolute Gasteiger partial charge is 0.546 e. The Morgan fingerprint density at radius 2 is 1.29 bits per heavy atom. The Balaban J connectivity index is 5.81. The Bertz CT molecular complexity index is 629. The van der Waals surface area contributed by atoms with E-state index in [0.29, 0.717) is 12.0 Å². The van der Waals surface area contributed by atoms with Crippen LogP contribution < -0.4 is 0 Å². The SMILES string of the molecule is CCC(CC/C(O[Si](C)(C)C(C)(C)C)=C(\C)C(=O)OC(C)(C)C)O[Si](C)(C)C(C)(C)C. The molecule has 0 fully saturated rings. The van der Waals surface area contributed by atoms with Gasteiger partial charge in [-0.25, -0.2) is 4.79 Å². The Kier molecular flexibility index (Phi) is 10.4. The van der Waals surface area contributed by atoms with Gasteiger partial charge in [0.1, 0.15) is 5.60 Å². The van der Waals surface area contributed by atoms with Crippen LogP contribution in [-0.4, -0.2) is 34.3 Å². The molecule has 0 N–H and O–H groups in total. The van der Waals surface area contributed by atoms with Gasteiger partial charge in [-0.3, -0.25) is 0 Å². The van der Waals surface area contributed by atoms with Crippen LogP contribution in [0.15, 0.2) is 11.3 Å². The molecule has 6 heteroatoms. The Hall–Kier alpha value is -0.596. The van der Waals surface area contributed by atoms with E-state index in [4.69, 9.17) is 13.6 Å². The fourth-order valence-corrected chi connectivity index (χ4v) is 5.13. The minimum Gasteiger partial charge on any atom is -0.546 e. The number of hydrogen-bond acceptors (Lipinski definition) is 4. The summed E-state index contributed by atoms with van der Waals surface area (Å²) in [6, 6.07) is 0. The molecule has 0 saturated heterocycles. The average Bonchev–Trinajstić information content (AvgIpc) is 2.52. The second kappa shape index (κ2) is 10.6. The molecule has 1 unspecified atom stereocenters. The van der Waals surface area contributed by atoms with Gasteiger partial charge >= 0.3 is 5.97 Å². The van der Waals surface area contributed by atoms with Crippen molar-refractivity contribution in [3.05, 3.63) is 11.3 Å². The van der Waals surface area contributed by atoms with E-state index in [1.165, 1.54) is 0 Å². The molecule has 0 spiro atoms. The lowest BCUT2D eigenvalue weighted by Crippen LogP contribution is -2.44. The third kappa shape index (κ3) is 9.83. The zero-order valence-corrected chi connectivity index (χ0v) is 25.3. The van der Waals surface area contributed by atoms with Gasteiger partial charge < -0.3 is 13.6 Å². The molecular weight excluding hydrogens is 420 g/mol. The highest BCUT2D eigenvalue weighted by Crippen LogP contribution is 2.40. The first-order valence-electron chi connectivity index (χ1n) is 11.8. The lowest BCUT2D eigenvalue weighted by Gasteiger charge is -2.40. The first-order valence-corrected chi connectivity index (χ1v) is 17.7. The van der Waals surface area contributed by atoms with Gasteiger partial charge in [0.25, 0.3) is 0 Å². The predicted octanol–water partition coefficient (Wildman–Crippen LogP) is 8.20. The first kappa shape index (κ1) is 30.4. The van der Waals surface area contributed by atoms with Crippen molar-refractivity contribution in [2.24, 2.45) is 0 Å². The second-order valence-electron chi connectivity index (χ2n) is 12.9. The van der Waals surface area contributed by atoms with Gasteiger partial charge in [0.15, 0.2) is 8.32 Å². The smallest absolute Gasteiger partial charge is 0.337 e. The molecule has 0 aliphatic heterocycles. The van der Waals surface area contributed by atoms with Crippen LogP contribution in [-0.2, 0) is 18.4 Å². The van der Waals surface area contributed by atoms with Crippen molar-refractivity contribution in [3.8, 4) is 0 Å². The number of ether oxygens (including phenoxy) is 1. The lowest BCUT2D eigenvalue weighted by atomic mass is 10.1. The summed E-state index contributed by atoms with van der Waals surface area (Å²) in [7, 11) is -3.95. The van der Waals surface area contributed by atoms with Crippen molar-refractivity contribution >= 4 is 22.6 Å². The van der Waals surface area contributed by atoms with Crippen molar-refractivity contribution < 1.29 is 18.4 Å². The monoisotopic (exact) mass is 472 g/mol. The summed E-state index contributed by atoms with van der Waals surface area (Å²) in [5.41, 5.74) is 0.0552. The van der Waals surface area contributed by atoms with E-state index in [1.807, 2.05) is 27.7 Å². The van der Waals surface area contributed by atoms with Gasteiger partial charge in [-0.2, -0.15) is 0 Å². The molecule has 0 saturated carbocycles. The average molecular weight is 473 g/mol. The molecule has 0 aromatic rings. The van der Waals surface area contributed by atoms with Crippen LogP contribution >= 0.6 is 0 Å². The van der Waals surface area contributed by atoms with E-state index in [1.54, 1.807) is 0 Å². The minimum atomic E-state index is -2.09. The van der Waals surface area contributed by atoms with Crippen LogP contribution in [0.5, 0.6) is 0 Å². The standard InChI is InChI=1S/C25H52O4Si2/c1-16-20(28-30(12,13)24(6,7)8)17-18-21(29-31(14,15)25(9,10)11)19(2)22(26)27-23(3,4)5/h20H,16-18H2,1-15H3/b21-19-. The van der Waals surface area contributed by atoms with E-state index >= 15 is 0 Å². The number of rotatable bonds is 9. The zero-order valence-electron chi connectivity index (χ0n) is 23.3. The Morgan fingerprint density at radius 3 is 1.65 bits per heavy atom. The molecule has 1 atom stereocenters. The molecule has 0 aromatic heterocycles. The normalized spacial score (nSPS) is 16.0. The molecule has 0 amide bonds. The number of hydrogen-bond donors (Lipinski definition) is 0. The maximum Gasteiger partial charge on any atom is 0.337 e. The summed E-state index contributed by atoms with van der Waals surface area (Å²) in [6.45, 7) is 32.2. The molecule has 0 bridgehead atoms. The first-order chi connectivity index (χ1) is 13.5. The summed E-state index contributed by atoms with van der Waals surface area (Å²) in [6.07, 6.45) is 2.63. The minimum absolute atomic E-state index is 0.0499. The van der Waals surface area contributed by atoms with Gasteiger partial charge in [-0.05, 0) is 76.8 Å². The van der Waals surface area contributed by atoms with E-state index in [-0.39, 0.29) is 22.1 Å². The fourth-order valence-electron chi connectivity index (χ4n) is 2.48. The van der Waals surface area contributed by atoms with Crippen molar-refractivity contribution in [2.45, 2.75) is 143 Å². The van der Waals surface area contributed by atoms with E-state index < -0.39 is 22.2 Å². The van der Waals surface area contributed by atoms with Crippen molar-refractivity contribution in [1.29, 1.82) is 0 Å². The highest BCUT2D eigenvalue weighted by Gasteiger charge is 2.41. The molecule has 0 heterocycles. The number of carbonyl (C=O) groups is 1. The molecule has 0 aliphatic rings. The Labute approximate surface area is 195 Å². The predicted molar refractivity (Wildman–Crippen MR) is 138 cm³/mol. The zero-order chi connectivity index (χ0) is 25.1. The number of esters is 1. The molecular formula is C25H52O4Si2. The quantitative estimate of drug-likeness (QED) is 0.147. The maximum absolute atomic E-state index is 12.8. The summed E-state index contributed by atoms with van der Waals surface area (Å²) in [5.74, 6) is 0.484. The highest BCUT2D eigenvalue weighted by atomic mass is 28.4. The molecule has 184 valence electrons. The summed E-state index contributed by atoms with van der Waals surface area (Å²) in [5, 5.41) is 0.220. The molecule has 0 aliphatic carbocycles. The van der Waals surface area contributed by atoms with Gasteiger partial charge in [-0.1, -0.05) is 48.5 Å². The summed E-state index contributed by atoms with van der Waals surface area (Å²) < 4.78 is 19.0. The Morgan fingerprint density at radius 1 is 0.839 bits per heavy atom. The van der Waals surface area contributed by atoms with Crippen molar-refractivity contribution in [3.63, 3.8) is 0 Å². The van der Waals surface area contributed by atoms with Crippen molar-refractivity contribution in [1.82, 2.24) is 0 Å². The van der Waals surface area contributed by atoms with Crippen LogP contribution in [0.1, 0.15) is 95.4 Å². The molecule has 31 heavy (non-hydrogen) atoms. The second-order valence-corrected chi connectivity index (χ2v) is 22.3. The fraction of sp³-hybridized carbons (Fsp3) is 0.880. The van der Waals surface area contributed by atoms with Gasteiger partial charge in [-0.15, -0.1) is 0 Å². The van der Waals surface area contributed by atoms with Crippen LogP contribution in [0.2, 0.25) is 36.3 Å². The third-order valence-electron chi connectivity index (χ3n) is 6.72. The van der Waals surface area contributed by atoms with Gasteiger partial charge in [0.2, 0.25) is 8.32 Å².